The van der Waals surface area contributed by atoms with E-state index in [1.807, 2.05) is 17.9 Å². The summed E-state index contributed by atoms with van der Waals surface area (Å²) < 4.78 is 1.84. The second kappa shape index (κ2) is 5.66. The molecule has 1 N–H and O–H groups in total. The summed E-state index contributed by atoms with van der Waals surface area (Å²) in [7, 11) is 1.94. The van der Waals surface area contributed by atoms with E-state index in [1.54, 1.807) is 0 Å². The van der Waals surface area contributed by atoms with Crippen molar-refractivity contribution in [3.05, 3.63) is 17.5 Å². The van der Waals surface area contributed by atoms with Crippen molar-refractivity contribution in [2.75, 3.05) is 0 Å². The minimum Gasteiger partial charge on any atom is -0.388 e. The number of hydrogen-bond donors (Lipinski definition) is 1. The average Bonchev–Trinajstić information content (AvgIpc) is 2.57. The zero-order valence-corrected chi connectivity index (χ0v) is 12.8. The van der Waals surface area contributed by atoms with Gasteiger partial charge in [0.2, 0.25) is 0 Å². The molecule has 1 aromatic heterocycles. The molecule has 0 saturated heterocycles. The van der Waals surface area contributed by atoms with Crippen molar-refractivity contribution in [3.63, 3.8) is 0 Å². The van der Waals surface area contributed by atoms with Gasteiger partial charge >= 0.3 is 0 Å². The molecule has 1 unspecified atom stereocenters. The van der Waals surface area contributed by atoms with Gasteiger partial charge in [0.1, 0.15) is 0 Å². The van der Waals surface area contributed by atoms with Gasteiger partial charge in [-0.05, 0) is 18.8 Å². The lowest BCUT2D eigenvalue weighted by atomic mass is 9.83. The van der Waals surface area contributed by atoms with Crippen LogP contribution in [0, 0.1) is 5.92 Å². The Morgan fingerprint density at radius 3 is 2.32 bits per heavy atom. The van der Waals surface area contributed by atoms with Crippen LogP contribution in [0.25, 0.3) is 0 Å². The quantitative estimate of drug-likeness (QED) is 0.827. The summed E-state index contributed by atoms with van der Waals surface area (Å²) in [6, 6.07) is 0. The first-order valence-corrected chi connectivity index (χ1v) is 7.61. The molecule has 1 atom stereocenters. The highest BCUT2D eigenvalue weighted by atomic mass is 16.3. The van der Waals surface area contributed by atoms with Crippen molar-refractivity contribution < 1.29 is 5.11 Å². The standard InChI is InChI=1S/C16H28N2O/c1-16(2,3)15-13(11-18(4)17-15)14(19)12-9-7-5-6-8-10-12/h11-12,14,19H,5-10H2,1-4H3. The van der Waals surface area contributed by atoms with Crippen molar-refractivity contribution in [2.24, 2.45) is 13.0 Å². The van der Waals surface area contributed by atoms with Gasteiger partial charge < -0.3 is 5.11 Å². The molecule has 1 heterocycles. The van der Waals surface area contributed by atoms with E-state index in [9.17, 15) is 5.11 Å². The largest absolute Gasteiger partial charge is 0.388 e. The third kappa shape index (κ3) is 3.38. The van der Waals surface area contributed by atoms with Crippen LogP contribution in [0.3, 0.4) is 0 Å². The Kier molecular flexibility index (Phi) is 4.34. The summed E-state index contributed by atoms with van der Waals surface area (Å²) in [5.74, 6) is 0.410. The van der Waals surface area contributed by atoms with Crippen molar-refractivity contribution >= 4 is 0 Å². The second-order valence-electron chi connectivity index (χ2n) is 7.05. The SMILES string of the molecule is Cn1cc(C(O)C2CCCCCC2)c(C(C)(C)C)n1. The van der Waals surface area contributed by atoms with Gasteiger partial charge in [0.25, 0.3) is 0 Å². The molecule has 0 radical (unpaired) electrons. The third-order valence-corrected chi connectivity index (χ3v) is 4.23. The lowest BCUT2D eigenvalue weighted by Gasteiger charge is -2.25. The maximum absolute atomic E-state index is 10.8. The van der Waals surface area contributed by atoms with Crippen LogP contribution >= 0.6 is 0 Å². The minimum absolute atomic E-state index is 0.0116. The summed E-state index contributed by atoms with van der Waals surface area (Å²) in [6.45, 7) is 6.50. The molecule has 1 aliphatic carbocycles. The molecule has 1 aromatic rings. The molecular weight excluding hydrogens is 236 g/mol. The van der Waals surface area contributed by atoms with Crippen LogP contribution in [-0.2, 0) is 12.5 Å². The van der Waals surface area contributed by atoms with Gasteiger partial charge in [0.05, 0.1) is 11.8 Å². The molecule has 0 bridgehead atoms. The number of aryl methyl sites for hydroxylation is 1. The zero-order valence-electron chi connectivity index (χ0n) is 12.8. The number of aliphatic hydroxyl groups is 1. The third-order valence-electron chi connectivity index (χ3n) is 4.23. The highest BCUT2D eigenvalue weighted by molar-refractivity contribution is 5.26. The van der Waals surface area contributed by atoms with E-state index < -0.39 is 0 Å². The summed E-state index contributed by atoms with van der Waals surface area (Å²) in [5, 5.41) is 15.4. The fourth-order valence-corrected chi connectivity index (χ4v) is 3.19. The summed E-state index contributed by atoms with van der Waals surface area (Å²) in [6.07, 6.45) is 9.13. The molecule has 1 aliphatic rings. The predicted octanol–water partition coefficient (Wildman–Crippen LogP) is 3.72. The maximum atomic E-state index is 10.8. The normalized spacial score (nSPS) is 20.3. The topological polar surface area (TPSA) is 38.0 Å². The lowest BCUT2D eigenvalue weighted by Crippen LogP contribution is -2.19. The highest BCUT2D eigenvalue weighted by Crippen LogP contribution is 2.37. The van der Waals surface area contributed by atoms with Gasteiger partial charge in [0.15, 0.2) is 0 Å². The van der Waals surface area contributed by atoms with Crippen molar-refractivity contribution in [1.82, 2.24) is 9.78 Å². The van der Waals surface area contributed by atoms with E-state index in [-0.39, 0.29) is 11.5 Å². The first-order chi connectivity index (χ1) is 8.89. The highest BCUT2D eigenvalue weighted by Gasteiger charge is 2.30. The molecule has 3 heteroatoms. The molecule has 19 heavy (non-hydrogen) atoms. The van der Waals surface area contributed by atoms with Crippen LogP contribution in [0.4, 0.5) is 0 Å². The van der Waals surface area contributed by atoms with Gasteiger partial charge in [-0.15, -0.1) is 0 Å². The molecule has 108 valence electrons. The number of hydrogen-bond acceptors (Lipinski definition) is 2. The van der Waals surface area contributed by atoms with Crippen molar-refractivity contribution in [2.45, 2.75) is 70.8 Å². The first kappa shape index (κ1) is 14.6. The lowest BCUT2D eigenvalue weighted by molar-refractivity contribution is 0.0970. The van der Waals surface area contributed by atoms with Gasteiger partial charge in [-0.3, -0.25) is 4.68 Å². The Labute approximate surface area is 117 Å². The number of rotatable bonds is 2. The predicted molar refractivity (Wildman–Crippen MR) is 78.1 cm³/mol. The number of nitrogens with zero attached hydrogens (tertiary/aromatic N) is 2. The van der Waals surface area contributed by atoms with E-state index >= 15 is 0 Å². The summed E-state index contributed by atoms with van der Waals surface area (Å²) >= 11 is 0. The summed E-state index contributed by atoms with van der Waals surface area (Å²) in [5.41, 5.74) is 2.08. The molecular formula is C16H28N2O. The van der Waals surface area contributed by atoms with E-state index in [2.05, 4.69) is 25.9 Å². The molecule has 0 spiro atoms. The van der Waals surface area contributed by atoms with Crippen LogP contribution in [-0.4, -0.2) is 14.9 Å². The first-order valence-electron chi connectivity index (χ1n) is 7.61. The van der Waals surface area contributed by atoms with Crippen LogP contribution in [0.15, 0.2) is 6.20 Å². The van der Waals surface area contributed by atoms with Gasteiger partial charge in [0, 0.05) is 24.2 Å². The molecule has 1 saturated carbocycles. The van der Waals surface area contributed by atoms with E-state index in [0.717, 1.165) is 24.1 Å². The van der Waals surface area contributed by atoms with Gasteiger partial charge in [-0.2, -0.15) is 5.10 Å². The van der Waals surface area contributed by atoms with Gasteiger partial charge in [-0.25, -0.2) is 0 Å². The molecule has 0 amide bonds. The van der Waals surface area contributed by atoms with Crippen LogP contribution < -0.4 is 0 Å². The Morgan fingerprint density at radius 1 is 1.21 bits per heavy atom. The van der Waals surface area contributed by atoms with E-state index in [0.29, 0.717) is 5.92 Å². The van der Waals surface area contributed by atoms with Crippen molar-refractivity contribution in [3.8, 4) is 0 Å². The Balaban J connectivity index is 2.24. The fourth-order valence-electron chi connectivity index (χ4n) is 3.19. The molecule has 0 aliphatic heterocycles. The number of aromatic nitrogens is 2. The molecule has 3 nitrogen and oxygen atoms in total. The Bertz CT molecular complexity index is 409. The fraction of sp³-hybridized carbons (Fsp3) is 0.812. The smallest absolute Gasteiger partial charge is 0.0851 e. The molecule has 0 aromatic carbocycles. The van der Waals surface area contributed by atoms with E-state index in [1.165, 1.54) is 25.7 Å². The maximum Gasteiger partial charge on any atom is 0.0851 e. The average molecular weight is 264 g/mol. The Hall–Kier alpha value is -0.830. The zero-order chi connectivity index (χ0) is 14.0. The van der Waals surface area contributed by atoms with E-state index in [4.69, 9.17) is 0 Å². The van der Waals surface area contributed by atoms with Crippen molar-refractivity contribution in [1.29, 1.82) is 0 Å². The summed E-state index contributed by atoms with van der Waals surface area (Å²) in [4.78, 5) is 0. The van der Waals surface area contributed by atoms with Crippen LogP contribution in [0.5, 0.6) is 0 Å². The Morgan fingerprint density at radius 2 is 1.79 bits per heavy atom. The van der Waals surface area contributed by atoms with Crippen LogP contribution in [0.1, 0.15) is 76.7 Å². The molecule has 1 fully saturated rings. The molecule has 2 rings (SSSR count). The van der Waals surface area contributed by atoms with Gasteiger partial charge in [-0.1, -0.05) is 46.5 Å². The number of aliphatic hydroxyl groups excluding tert-OH is 1. The minimum atomic E-state index is -0.346. The van der Waals surface area contributed by atoms with Crippen LogP contribution in [0.2, 0.25) is 0 Å². The second-order valence-corrected chi connectivity index (χ2v) is 7.05. The monoisotopic (exact) mass is 264 g/mol.